The molecule has 0 heterocycles. The number of aliphatic hydroxyl groups is 1. The van der Waals surface area contributed by atoms with Crippen LogP contribution < -0.4 is 4.74 Å². The third-order valence-corrected chi connectivity index (χ3v) is 2.12. The summed E-state index contributed by atoms with van der Waals surface area (Å²) >= 11 is 0. The van der Waals surface area contributed by atoms with Gasteiger partial charge in [-0.25, -0.2) is 0 Å². The lowest BCUT2D eigenvalue weighted by molar-refractivity contribution is -0.138. The molecule has 0 aliphatic rings. The minimum Gasteiger partial charge on any atom is -0.496 e. The van der Waals surface area contributed by atoms with Crippen molar-refractivity contribution in [1.29, 1.82) is 0 Å². The number of hydrogen-bond acceptors (Lipinski definition) is 2. The zero-order valence-electron chi connectivity index (χ0n) is 8.68. The largest absolute Gasteiger partial charge is 0.496 e. The second-order valence-electron chi connectivity index (χ2n) is 3.28. The van der Waals surface area contributed by atoms with E-state index in [-0.39, 0.29) is 6.07 Å². The summed E-state index contributed by atoms with van der Waals surface area (Å²) in [6, 6.07) is 1.70. The Kier molecular flexibility index (Phi) is 3.61. The van der Waals surface area contributed by atoms with Crippen molar-refractivity contribution in [2.24, 2.45) is 0 Å². The van der Waals surface area contributed by atoms with E-state index >= 15 is 0 Å². The zero-order chi connectivity index (χ0) is 13.3. The first-order chi connectivity index (χ1) is 7.72. The van der Waals surface area contributed by atoms with Gasteiger partial charge in [0, 0.05) is 0 Å². The van der Waals surface area contributed by atoms with Gasteiger partial charge in [0.2, 0.25) is 0 Å². The van der Waals surface area contributed by atoms with Crippen LogP contribution >= 0.6 is 0 Å². The van der Waals surface area contributed by atoms with Crippen molar-refractivity contribution in [2.45, 2.75) is 12.1 Å². The average Bonchev–Trinajstić information content (AvgIpc) is 2.27. The van der Waals surface area contributed by atoms with Gasteiger partial charge in [-0.3, -0.25) is 0 Å². The maximum absolute atomic E-state index is 13.2. The number of ether oxygens (including phenoxy) is 1. The molecule has 1 aromatic carbocycles. The number of benzene rings is 1. The fourth-order valence-corrected chi connectivity index (χ4v) is 1.26. The first kappa shape index (κ1) is 13.7. The molecule has 7 heteroatoms. The first-order valence-electron chi connectivity index (χ1n) is 4.47. The molecule has 0 saturated heterocycles. The molecule has 1 aromatic rings. The zero-order valence-corrected chi connectivity index (χ0v) is 8.68. The Morgan fingerprint density at radius 3 is 2.18 bits per heavy atom. The van der Waals surface area contributed by atoms with Crippen LogP contribution in [-0.2, 0) is 12.1 Å². The van der Waals surface area contributed by atoms with Gasteiger partial charge in [-0.15, -0.1) is 0 Å². The van der Waals surface area contributed by atoms with Gasteiger partial charge < -0.3 is 9.84 Å². The van der Waals surface area contributed by atoms with E-state index in [0.29, 0.717) is 6.07 Å². The van der Waals surface area contributed by atoms with Crippen LogP contribution in [0.15, 0.2) is 18.2 Å². The second kappa shape index (κ2) is 4.48. The normalized spacial score (nSPS) is 12.6. The molecule has 96 valence electrons. The van der Waals surface area contributed by atoms with Crippen molar-refractivity contribution >= 4 is 0 Å². The van der Waals surface area contributed by atoms with Crippen LogP contribution in [0.3, 0.4) is 0 Å². The molecule has 0 aliphatic carbocycles. The molecule has 0 amide bonds. The Bertz CT molecular complexity index is 400. The van der Waals surface area contributed by atoms with Gasteiger partial charge >= 0.3 is 6.18 Å². The van der Waals surface area contributed by atoms with E-state index in [4.69, 9.17) is 5.11 Å². The summed E-state index contributed by atoms with van der Waals surface area (Å²) in [7, 11) is 1.06. The SMILES string of the molecule is COc1ccc(C(F)(F)F)cc1C(F)(F)CO. The number of alkyl halides is 5. The smallest absolute Gasteiger partial charge is 0.416 e. The molecular formula is C10H9F5O2. The van der Waals surface area contributed by atoms with Crippen LogP contribution in [0.4, 0.5) is 22.0 Å². The van der Waals surface area contributed by atoms with Gasteiger partial charge in [0.25, 0.3) is 5.92 Å². The fourth-order valence-electron chi connectivity index (χ4n) is 1.26. The Labute approximate surface area is 93.6 Å². The van der Waals surface area contributed by atoms with E-state index in [1.54, 1.807) is 0 Å². The van der Waals surface area contributed by atoms with Gasteiger partial charge in [0.05, 0.1) is 18.2 Å². The summed E-state index contributed by atoms with van der Waals surface area (Å²) in [4.78, 5) is 0. The highest BCUT2D eigenvalue weighted by molar-refractivity contribution is 5.41. The van der Waals surface area contributed by atoms with Crippen molar-refractivity contribution in [1.82, 2.24) is 0 Å². The molecule has 0 unspecified atom stereocenters. The predicted octanol–water partition coefficient (Wildman–Crippen LogP) is 2.80. The minimum atomic E-state index is -4.73. The molecule has 1 N–H and O–H groups in total. The third kappa shape index (κ3) is 2.85. The van der Waals surface area contributed by atoms with E-state index in [1.807, 2.05) is 0 Å². The van der Waals surface area contributed by atoms with Gasteiger partial charge in [-0.05, 0) is 18.2 Å². The topological polar surface area (TPSA) is 29.5 Å². The standard InChI is InChI=1S/C10H9F5O2/c1-17-8-3-2-6(10(13,14)15)4-7(8)9(11,12)5-16/h2-4,16H,5H2,1H3. The molecule has 1 rings (SSSR count). The summed E-state index contributed by atoms with van der Waals surface area (Å²) in [6.07, 6.45) is -4.73. The molecule has 0 saturated carbocycles. The van der Waals surface area contributed by atoms with E-state index in [0.717, 1.165) is 13.2 Å². The first-order valence-corrected chi connectivity index (χ1v) is 4.47. The molecule has 0 aromatic heterocycles. The molecule has 17 heavy (non-hydrogen) atoms. The lowest BCUT2D eigenvalue weighted by Gasteiger charge is -2.18. The van der Waals surface area contributed by atoms with Crippen molar-refractivity contribution < 1.29 is 31.8 Å². The summed E-state index contributed by atoms with van der Waals surface area (Å²) in [5.41, 5.74) is -2.21. The van der Waals surface area contributed by atoms with Gasteiger partial charge in [0.15, 0.2) is 0 Å². The lowest BCUT2D eigenvalue weighted by Crippen LogP contribution is -2.20. The lowest BCUT2D eigenvalue weighted by atomic mass is 10.0. The molecule has 0 radical (unpaired) electrons. The van der Waals surface area contributed by atoms with E-state index in [1.165, 1.54) is 0 Å². The Balaban J connectivity index is 3.35. The van der Waals surface area contributed by atoms with Gasteiger partial charge in [-0.1, -0.05) is 0 Å². The van der Waals surface area contributed by atoms with Crippen molar-refractivity contribution in [3.8, 4) is 5.75 Å². The molecule has 0 spiro atoms. The van der Waals surface area contributed by atoms with Crippen molar-refractivity contribution in [3.05, 3.63) is 29.3 Å². The number of hydrogen-bond donors (Lipinski definition) is 1. The molecule has 2 nitrogen and oxygen atoms in total. The fraction of sp³-hybridized carbons (Fsp3) is 0.400. The Morgan fingerprint density at radius 1 is 1.18 bits per heavy atom. The number of rotatable bonds is 3. The molecule has 0 bridgehead atoms. The number of halogens is 5. The van der Waals surface area contributed by atoms with Gasteiger partial charge in [0.1, 0.15) is 12.4 Å². The van der Waals surface area contributed by atoms with E-state index in [2.05, 4.69) is 4.74 Å². The van der Waals surface area contributed by atoms with Crippen LogP contribution in [0, 0.1) is 0 Å². The number of aliphatic hydroxyl groups excluding tert-OH is 1. The van der Waals surface area contributed by atoms with Crippen LogP contribution in [0.25, 0.3) is 0 Å². The van der Waals surface area contributed by atoms with Crippen LogP contribution in [0.5, 0.6) is 5.75 Å². The second-order valence-corrected chi connectivity index (χ2v) is 3.28. The molecular weight excluding hydrogens is 247 g/mol. The van der Waals surface area contributed by atoms with Crippen LogP contribution in [0.2, 0.25) is 0 Å². The quantitative estimate of drug-likeness (QED) is 0.842. The van der Waals surface area contributed by atoms with Gasteiger partial charge in [-0.2, -0.15) is 22.0 Å². The van der Waals surface area contributed by atoms with E-state index in [9.17, 15) is 22.0 Å². The average molecular weight is 256 g/mol. The van der Waals surface area contributed by atoms with Crippen molar-refractivity contribution in [2.75, 3.05) is 13.7 Å². The Hall–Kier alpha value is -1.37. The summed E-state index contributed by atoms with van der Waals surface area (Å²) in [6.45, 7) is -1.59. The molecule has 0 fully saturated rings. The van der Waals surface area contributed by atoms with Crippen LogP contribution in [0.1, 0.15) is 11.1 Å². The highest BCUT2D eigenvalue weighted by Gasteiger charge is 2.38. The molecule has 0 atom stereocenters. The highest BCUT2D eigenvalue weighted by Crippen LogP contribution is 2.39. The maximum atomic E-state index is 13.2. The number of methoxy groups -OCH3 is 1. The predicted molar refractivity (Wildman–Crippen MR) is 49.0 cm³/mol. The molecule has 0 aliphatic heterocycles. The van der Waals surface area contributed by atoms with E-state index < -0.39 is 35.6 Å². The summed E-state index contributed by atoms with van der Waals surface area (Å²) in [5.74, 6) is -4.19. The monoisotopic (exact) mass is 256 g/mol. The van der Waals surface area contributed by atoms with Crippen molar-refractivity contribution in [3.63, 3.8) is 0 Å². The maximum Gasteiger partial charge on any atom is 0.416 e. The van der Waals surface area contributed by atoms with Crippen LogP contribution in [-0.4, -0.2) is 18.8 Å². The summed E-state index contributed by atoms with van der Waals surface area (Å²) < 4.78 is 68.0. The third-order valence-electron chi connectivity index (χ3n) is 2.12. The summed E-state index contributed by atoms with van der Waals surface area (Å²) in [5, 5.41) is 8.47. The Morgan fingerprint density at radius 2 is 1.76 bits per heavy atom. The highest BCUT2D eigenvalue weighted by atomic mass is 19.4. The minimum absolute atomic E-state index is 0.273.